The Balaban J connectivity index is 1.83. The Morgan fingerprint density at radius 1 is 1.11 bits per heavy atom. The lowest BCUT2D eigenvalue weighted by Crippen LogP contribution is -2.17. The molecule has 2 aromatic carbocycles. The summed E-state index contributed by atoms with van der Waals surface area (Å²) in [7, 11) is 0. The van der Waals surface area contributed by atoms with Crippen LogP contribution in [0, 0.1) is 0 Å². The van der Waals surface area contributed by atoms with Crippen LogP contribution in [0.25, 0.3) is 16.9 Å². The lowest BCUT2D eigenvalue weighted by molar-refractivity contribution is 0.276. The summed E-state index contributed by atoms with van der Waals surface area (Å²) in [6.45, 7) is -0.0578. The molecule has 7 heteroatoms. The molecule has 0 aliphatic rings. The molecular weight excluding hydrogens is 428 g/mol. The van der Waals surface area contributed by atoms with Gasteiger partial charge in [-0.05, 0) is 27.6 Å². The molecule has 0 saturated carbocycles. The maximum Gasteiger partial charge on any atom is 0.172 e. The smallest absolute Gasteiger partial charge is 0.172 e. The van der Waals surface area contributed by atoms with Gasteiger partial charge in [-0.1, -0.05) is 60.1 Å². The minimum Gasteiger partial charge on any atom is -0.394 e. The van der Waals surface area contributed by atoms with Crippen LogP contribution in [0.5, 0.6) is 0 Å². The summed E-state index contributed by atoms with van der Waals surface area (Å²) in [6, 6.07) is 19.0. The number of rotatable bonds is 5. The minimum atomic E-state index is -0.279. The molecule has 0 aliphatic heterocycles. The first-order chi connectivity index (χ1) is 13.2. The van der Waals surface area contributed by atoms with E-state index in [0.29, 0.717) is 16.5 Å². The van der Waals surface area contributed by atoms with E-state index < -0.39 is 0 Å². The number of aromatic nitrogens is 3. The van der Waals surface area contributed by atoms with Crippen LogP contribution in [-0.4, -0.2) is 26.3 Å². The number of hydrogen-bond donors (Lipinski definition) is 2. The number of nitrogens with zero attached hydrogens (tertiary/aromatic N) is 3. The van der Waals surface area contributed by atoms with Crippen LogP contribution in [0.2, 0.25) is 5.02 Å². The van der Waals surface area contributed by atoms with Crippen LogP contribution in [0.1, 0.15) is 11.6 Å². The van der Waals surface area contributed by atoms with Crippen molar-refractivity contribution in [3.63, 3.8) is 0 Å². The number of nitrogens with one attached hydrogen (secondary N) is 1. The zero-order valence-corrected chi connectivity index (χ0v) is 16.5. The fourth-order valence-electron chi connectivity index (χ4n) is 2.94. The molecule has 2 N–H and O–H groups in total. The van der Waals surface area contributed by atoms with Crippen LogP contribution in [0.15, 0.2) is 71.3 Å². The van der Waals surface area contributed by atoms with Crippen LogP contribution in [-0.2, 0) is 0 Å². The van der Waals surface area contributed by atoms with E-state index in [1.54, 1.807) is 10.7 Å². The topological polar surface area (TPSA) is 62.5 Å². The average molecular weight is 444 g/mol. The van der Waals surface area contributed by atoms with Gasteiger partial charge in [-0.3, -0.25) is 0 Å². The third-order valence-corrected chi connectivity index (χ3v) is 5.17. The van der Waals surface area contributed by atoms with Gasteiger partial charge in [0.05, 0.1) is 29.0 Å². The van der Waals surface area contributed by atoms with Crippen molar-refractivity contribution in [3.8, 4) is 11.3 Å². The quantitative estimate of drug-likeness (QED) is 0.458. The van der Waals surface area contributed by atoms with E-state index in [2.05, 4.69) is 26.3 Å². The lowest BCUT2D eigenvalue weighted by Gasteiger charge is -2.19. The van der Waals surface area contributed by atoms with Crippen molar-refractivity contribution in [2.75, 3.05) is 11.9 Å². The van der Waals surface area contributed by atoms with E-state index >= 15 is 0 Å². The first-order valence-electron chi connectivity index (χ1n) is 8.39. The van der Waals surface area contributed by atoms with E-state index in [-0.39, 0.29) is 12.6 Å². The molecule has 0 radical (unpaired) electrons. The zero-order chi connectivity index (χ0) is 18.8. The molecule has 5 nitrogen and oxygen atoms in total. The monoisotopic (exact) mass is 442 g/mol. The largest absolute Gasteiger partial charge is 0.394 e. The van der Waals surface area contributed by atoms with E-state index in [4.69, 9.17) is 16.6 Å². The summed E-state index contributed by atoms with van der Waals surface area (Å²) in [4.78, 5) is 4.70. The van der Waals surface area contributed by atoms with Crippen molar-refractivity contribution in [2.24, 2.45) is 0 Å². The molecule has 1 atom stereocenters. The summed E-state index contributed by atoms with van der Waals surface area (Å²) in [5, 5.41) is 18.3. The van der Waals surface area contributed by atoms with Gasteiger partial charge in [0.1, 0.15) is 5.82 Å². The van der Waals surface area contributed by atoms with Crippen LogP contribution >= 0.6 is 27.5 Å². The zero-order valence-electron chi connectivity index (χ0n) is 14.2. The number of aliphatic hydroxyl groups is 1. The van der Waals surface area contributed by atoms with Gasteiger partial charge >= 0.3 is 0 Å². The van der Waals surface area contributed by atoms with Crippen molar-refractivity contribution in [3.05, 3.63) is 81.9 Å². The highest BCUT2D eigenvalue weighted by Gasteiger charge is 2.16. The second-order valence-corrected chi connectivity index (χ2v) is 7.29. The Morgan fingerprint density at radius 3 is 2.59 bits per heavy atom. The Bertz CT molecular complexity index is 1080. The lowest BCUT2D eigenvalue weighted by atomic mass is 10.1. The SMILES string of the molecule is OC[C@H](Nc1cc(-c2ccccc2Cl)nc2c(Br)cnn12)c1ccccc1. The third kappa shape index (κ3) is 3.56. The molecule has 136 valence electrons. The number of aliphatic hydroxyl groups excluding tert-OH is 1. The molecule has 0 saturated heterocycles. The Hall–Kier alpha value is -2.41. The molecule has 27 heavy (non-hydrogen) atoms. The fourth-order valence-corrected chi connectivity index (χ4v) is 3.52. The third-order valence-electron chi connectivity index (χ3n) is 4.29. The van der Waals surface area contributed by atoms with Gasteiger partial charge in [0, 0.05) is 16.7 Å². The molecule has 4 aromatic rings. The van der Waals surface area contributed by atoms with E-state index in [9.17, 15) is 5.11 Å². The van der Waals surface area contributed by atoms with Crippen LogP contribution < -0.4 is 5.32 Å². The Labute approximate surface area is 169 Å². The summed E-state index contributed by atoms with van der Waals surface area (Å²) in [5.74, 6) is 0.712. The Kier molecular flexibility index (Phi) is 5.11. The normalized spacial score (nSPS) is 12.3. The highest BCUT2D eigenvalue weighted by atomic mass is 79.9. The molecular formula is C20H16BrClN4O. The summed E-state index contributed by atoms with van der Waals surface area (Å²) in [5.41, 5.74) is 3.20. The average Bonchev–Trinajstić information content (AvgIpc) is 3.08. The van der Waals surface area contributed by atoms with Gasteiger partial charge in [0.25, 0.3) is 0 Å². The highest BCUT2D eigenvalue weighted by Crippen LogP contribution is 2.31. The van der Waals surface area contributed by atoms with Gasteiger partial charge in [0.15, 0.2) is 5.65 Å². The number of fused-ring (bicyclic) bond motifs is 1. The van der Waals surface area contributed by atoms with E-state index in [0.717, 1.165) is 21.3 Å². The molecule has 0 fully saturated rings. The highest BCUT2D eigenvalue weighted by molar-refractivity contribution is 9.10. The maximum absolute atomic E-state index is 9.91. The molecule has 4 rings (SSSR count). The number of hydrogen-bond acceptors (Lipinski definition) is 4. The number of halogens is 2. The van der Waals surface area contributed by atoms with Gasteiger partial charge in [-0.25, -0.2) is 4.98 Å². The summed E-state index contributed by atoms with van der Waals surface area (Å²) in [6.07, 6.45) is 1.69. The Morgan fingerprint density at radius 2 is 1.85 bits per heavy atom. The van der Waals surface area contributed by atoms with Crippen molar-refractivity contribution < 1.29 is 5.11 Å². The first kappa shape index (κ1) is 18.0. The fraction of sp³-hybridized carbons (Fsp3) is 0.100. The van der Waals surface area contributed by atoms with Gasteiger partial charge in [0.2, 0.25) is 0 Å². The van der Waals surface area contributed by atoms with Gasteiger partial charge in [-0.2, -0.15) is 9.61 Å². The summed E-state index contributed by atoms with van der Waals surface area (Å²) >= 11 is 9.87. The molecule has 2 heterocycles. The summed E-state index contributed by atoms with van der Waals surface area (Å²) < 4.78 is 2.48. The minimum absolute atomic E-state index is 0.0578. The second-order valence-electron chi connectivity index (χ2n) is 6.02. The van der Waals surface area contributed by atoms with E-state index in [1.165, 1.54) is 0 Å². The number of benzene rings is 2. The molecule has 0 amide bonds. The molecule has 0 aliphatic carbocycles. The van der Waals surface area contributed by atoms with E-state index in [1.807, 2.05) is 60.7 Å². The molecule has 0 spiro atoms. The molecule has 2 aromatic heterocycles. The van der Waals surface area contributed by atoms with Gasteiger partial charge in [-0.15, -0.1) is 0 Å². The van der Waals surface area contributed by atoms with Crippen molar-refractivity contribution >= 4 is 39.0 Å². The van der Waals surface area contributed by atoms with Crippen LogP contribution in [0.4, 0.5) is 5.82 Å². The molecule has 0 bridgehead atoms. The van der Waals surface area contributed by atoms with Crippen molar-refractivity contribution in [2.45, 2.75) is 6.04 Å². The van der Waals surface area contributed by atoms with Gasteiger partial charge < -0.3 is 10.4 Å². The first-order valence-corrected chi connectivity index (χ1v) is 9.56. The predicted octanol–water partition coefficient (Wildman–Crippen LogP) is 4.96. The van der Waals surface area contributed by atoms with Crippen LogP contribution in [0.3, 0.4) is 0 Å². The van der Waals surface area contributed by atoms with Crippen molar-refractivity contribution in [1.82, 2.24) is 14.6 Å². The standard InChI is InChI=1S/C20H16BrClN4O/c21-15-11-23-26-19(24-18(12-27)13-6-2-1-3-7-13)10-17(25-20(15)26)14-8-4-5-9-16(14)22/h1-11,18,24,27H,12H2/t18-/m0/s1. The van der Waals surface area contributed by atoms with Crippen molar-refractivity contribution in [1.29, 1.82) is 0 Å². The predicted molar refractivity (Wildman–Crippen MR) is 111 cm³/mol. The number of anilines is 1. The second kappa shape index (κ2) is 7.68. The molecule has 0 unspecified atom stereocenters. The maximum atomic E-state index is 9.91.